The van der Waals surface area contributed by atoms with Crippen LogP contribution in [0.1, 0.15) is 34.5 Å². The average molecular weight is 424 g/mol. The van der Waals surface area contributed by atoms with Gasteiger partial charge in [0.1, 0.15) is 5.75 Å². The van der Waals surface area contributed by atoms with Crippen molar-refractivity contribution in [3.05, 3.63) is 41.5 Å². The smallest absolute Gasteiger partial charge is 0.227 e. The summed E-state index contributed by atoms with van der Waals surface area (Å²) in [5.74, 6) is 1.32. The zero-order valence-electron chi connectivity index (χ0n) is 16.5. The van der Waals surface area contributed by atoms with E-state index >= 15 is 0 Å². The van der Waals surface area contributed by atoms with Crippen molar-refractivity contribution in [3.8, 4) is 5.75 Å². The van der Waals surface area contributed by atoms with Crippen LogP contribution in [0.2, 0.25) is 0 Å². The summed E-state index contributed by atoms with van der Waals surface area (Å²) >= 11 is 0. The molecule has 1 saturated heterocycles. The van der Waals surface area contributed by atoms with Crippen molar-refractivity contribution in [1.82, 2.24) is 25.7 Å². The lowest BCUT2D eigenvalue weighted by Gasteiger charge is -2.30. The Labute approximate surface area is 175 Å². The summed E-state index contributed by atoms with van der Waals surface area (Å²) in [5, 5.41) is 9.97. The number of hydrogen-bond donors (Lipinski definition) is 2. The molecule has 0 saturated carbocycles. The van der Waals surface area contributed by atoms with Gasteiger partial charge in [0, 0.05) is 38.0 Å². The SMILES string of the molecule is COc1ccc(C(=O)CNC(=O)CCc2nc(C3CNCCN3C)no2)cc1.Cl. The summed E-state index contributed by atoms with van der Waals surface area (Å²) < 4.78 is 10.3. The number of methoxy groups -OCH3 is 1. The first-order chi connectivity index (χ1) is 13.6. The minimum atomic E-state index is -0.238. The van der Waals surface area contributed by atoms with Crippen LogP contribution in [-0.2, 0) is 11.2 Å². The second kappa shape index (κ2) is 10.9. The number of ether oxygens (including phenoxy) is 1. The number of nitrogens with one attached hydrogen (secondary N) is 2. The van der Waals surface area contributed by atoms with E-state index in [1.807, 2.05) is 7.05 Å². The number of carbonyl (C=O) groups excluding carboxylic acids is 2. The summed E-state index contributed by atoms with van der Waals surface area (Å²) in [6.07, 6.45) is 0.510. The van der Waals surface area contributed by atoms with Gasteiger partial charge in [0.05, 0.1) is 19.7 Å². The fourth-order valence-electron chi connectivity index (χ4n) is 2.97. The maximum Gasteiger partial charge on any atom is 0.227 e. The van der Waals surface area contributed by atoms with Gasteiger partial charge < -0.3 is 19.9 Å². The van der Waals surface area contributed by atoms with E-state index in [1.54, 1.807) is 31.4 Å². The molecule has 1 fully saturated rings. The number of piperazine rings is 1. The van der Waals surface area contributed by atoms with E-state index in [2.05, 4.69) is 25.7 Å². The molecule has 1 aromatic carbocycles. The molecule has 1 aliphatic heterocycles. The van der Waals surface area contributed by atoms with E-state index in [4.69, 9.17) is 9.26 Å². The normalized spacial score (nSPS) is 16.7. The first-order valence-corrected chi connectivity index (χ1v) is 9.24. The highest BCUT2D eigenvalue weighted by atomic mass is 35.5. The third-order valence-electron chi connectivity index (χ3n) is 4.72. The molecule has 0 bridgehead atoms. The Morgan fingerprint density at radius 3 is 2.79 bits per heavy atom. The van der Waals surface area contributed by atoms with Gasteiger partial charge in [-0.25, -0.2) is 0 Å². The molecular weight excluding hydrogens is 398 g/mol. The van der Waals surface area contributed by atoms with Crippen LogP contribution in [0.3, 0.4) is 0 Å². The topological polar surface area (TPSA) is 110 Å². The Balaban J connectivity index is 0.00000300. The Bertz CT molecular complexity index is 811. The van der Waals surface area contributed by atoms with Gasteiger partial charge in [-0.1, -0.05) is 5.16 Å². The first-order valence-electron chi connectivity index (χ1n) is 9.24. The molecule has 29 heavy (non-hydrogen) atoms. The van der Waals surface area contributed by atoms with Crippen molar-refractivity contribution in [2.45, 2.75) is 18.9 Å². The molecule has 1 unspecified atom stereocenters. The highest BCUT2D eigenvalue weighted by Gasteiger charge is 2.25. The lowest BCUT2D eigenvalue weighted by atomic mass is 10.1. The number of likely N-dealkylation sites (N-methyl/N-ethyl adjacent to an activating group) is 1. The summed E-state index contributed by atoms with van der Waals surface area (Å²) in [6.45, 7) is 2.56. The van der Waals surface area contributed by atoms with Crippen LogP contribution in [0, 0.1) is 0 Å². The lowest BCUT2D eigenvalue weighted by Crippen LogP contribution is -2.44. The number of aryl methyl sites for hydroxylation is 1. The predicted octanol–water partition coefficient (Wildman–Crippen LogP) is 1.01. The van der Waals surface area contributed by atoms with Gasteiger partial charge in [-0.3, -0.25) is 14.5 Å². The van der Waals surface area contributed by atoms with Gasteiger partial charge in [0.15, 0.2) is 11.6 Å². The molecule has 3 rings (SSSR count). The van der Waals surface area contributed by atoms with E-state index in [9.17, 15) is 9.59 Å². The van der Waals surface area contributed by atoms with Crippen molar-refractivity contribution >= 4 is 24.1 Å². The highest BCUT2D eigenvalue weighted by molar-refractivity contribution is 5.99. The maximum atomic E-state index is 12.1. The van der Waals surface area contributed by atoms with E-state index in [-0.39, 0.29) is 43.1 Å². The van der Waals surface area contributed by atoms with Crippen LogP contribution in [0.25, 0.3) is 0 Å². The zero-order chi connectivity index (χ0) is 19.9. The van der Waals surface area contributed by atoms with Gasteiger partial charge in [-0.2, -0.15) is 4.98 Å². The van der Waals surface area contributed by atoms with Crippen LogP contribution in [0.4, 0.5) is 0 Å². The number of halogens is 1. The van der Waals surface area contributed by atoms with Gasteiger partial charge in [0.2, 0.25) is 11.8 Å². The van der Waals surface area contributed by atoms with Crippen molar-refractivity contribution in [1.29, 1.82) is 0 Å². The number of amides is 1. The van der Waals surface area contributed by atoms with E-state index in [1.165, 1.54) is 0 Å². The van der Waals surface area contributed by atoms with Crippen LogP contribution in [0.15, 0.2) is 28.8 Å². The van der Waals surface area contributed by atoms with Gasteiger partial charge in [0.25, 0.3) is 0 Å². The van der Waals surface area contributed by atoms with Gasteiger partial charge in [-0.05, 0) is 31.3 Å². The molecule has 0 spiro atoms. The summed E-state index contributed by atoms with van der Waals surface area (Å²) in [7, 11) is 3.59. The van der Waals surface area contributed by atoms with Gasteiger partial charge >= 0.3 is 0 Å². The Hall–Kier alpha value is -2.49. The van der Waals surface area contributed by atoms with Crippen molar-refractivity contribution < 1.29 is 18.8 Å². The van der Waals surface area contributed by atoms with Crippen molar-refractivity contribution in [2.24, 2.45) is 0 Å². The third-order valence-corrected chi connectivity index (χ3v) is 4.72. The zero-order valence-corrected chi connectivity index (χ0v) is 17.3. The molecule has 9 nitrogen and oxygen atoms in total. The fraction of sp³-hybridized carbons (Fsp3) is 0.474. The number of Topliss-reactive ketones (excluding diaryl/α,β-unsaturated/α-hetero) is 1. The lowest BCUT2D eigenvalue weighted by molar-refractivity contribution is -0.120. The molecular formula is C19H26ClN5O4. The summed E-state index contributed by atoms with van der Waals surface area (Å²) in [6, 6.07) is 6.83. The molecule has 1 atom stereocenters. The maximum absolute atomic E-state index is 12.1. The molecule has 2 heterocycles. The predicted molar refractivity (Wildman–Crippen MR) is 108 cm³/mol. The molecule has 1 aromatic heterocycles. The number of benzene rings is 1. The largest absolute Gasteiger partial charge is 0.497 e. The van der Waals surface area contributed by atoms with Crippen molar-refractivity contribution in [3.63, 3.8) is 0 Å². The minimum absolute atomic E-state index is 0. The minimum Gasteiger partial charge on any atom is -0.497 e. The molecule has 0 aliphatic carbocycles. The number of nitrogens with zero attached hydrogens (tertiary/aromatic N) is 3. The van der Waals surface area contributed by atoms with E-state index in [0.29, 0.717) is 29.4 Å². The number of aromatic nitrogens is 2. The molecule has 10 heteroatoms. The molecule has 1 aliphatic rings. The summed E-state index contributed by atoms with van der Waals surface area (Å²) in [5.41, 5.74) is 0.521. The molecule has 0 radical (unpaired) electrons. The van der Waals surface area contributed by atoms with E-state index in [0.717, 1.165) is 19.6 Å². The van der Waals surface area contributed by atoms with Crippen LogP contribution >= 0.6 is 12.4 Å². The van der Waals surface area contributed by atoms with Crippen molar-refractivity contribution in [2.75, 3.05) is 40.3 Å². The standard InChI is InChI=1S/C19H25N5O4.ClH/c1-24-10-9-20-11-15(24)19-22-18(28-23-19)8-7-17(26)21-12-16(25)13-3-5-14(27-2)6-4-13;/h3-6,15,20H,7-12H2,1-2H3,(H,21,26);1H. The summed E-state index contributed by atoms with van der Waals surface area (Å²) in [4.78, 5) is 30.7. The molecule has 1 amide bonds. The van der Waals surface area contributed by atoms with Crippen LogP contribution in [-0.4, -0.2) is 67.1 Å². The molecule has 2 aromatic rings. The van der Waals surface area contributed by atoms with Crippen LogP contribution in [0.5, 0.6) is 5.75 Å². The average Bonchev–Trinajstić information content (AvgIpc) is 3.19. The number of ketones is 1. The third kappa shape index (κ3) is 6.25. The monoisotopic (exact) mass is 423 g/mol. The van der Waals surface area contributed by atoms with Crippen LogP contribution < -0.4 is 15.4 Å². The first kappa shape index (κ1) is 22.8. The highest BCUT2D eigenvalue weighted by Crippen LogP contribution is 2.18. The quantitative estimate of drug-likeness (QED) is 0.605. The Kier molecular flexibility index (Phi) is 8.56. The second-order valence-electron chi connectivity index (χ2n) is 6.68. The fourth-order valence-corrected chi connectivity index (χ4v) is 2.97. The van der Waals surface area contributed by atoms with E-state index < -0.39 is 0 Å². The molecule has 2 N–H and O–H groups in total. The Morgan fingerprint density at radius 2 is 2.10 bits per heavy atom. The second-order valence-corrected chi connectivity index (χ2v) is 6.68. The van der Waals surface area contributed by atoms with Gasteiger partial charge in [-0.15, -0.1) is 12.4 Å². The Morgan fingerprint density at radius 1 is 1.34 bits per heavy atom. The molecule has 158 valence electrons. The number of carbonyl (C=O) groups is 2. The number of rotatable bonds is 8. The number of hydrogen-bond acceptors (Lipinski definition) is 8.